The number of carbonyl (C=O) groups is 1. The fraction of sp³-hybridized carbons (Fsp3) is 0.143. The Bertz CT molecular complexity index is 867. The molecule has 1 amide bonds. The van der Waals surface area contributed by atoms with Crippen LogP contribution in [0.15, 0.2) is 72.9 Å². The number of aryl methyl sites for hydroxylation is 1. The first kappa shape index (κ1) is 17.6. The van der Waals surface area contributed by atoms with Gasteiger partial charge in [0, 0.05) is 11.9 Å². The Morgan fingerprint density at radius 2 is 1.88 bits per heavy atom. The van der Waals surface area contributed by atoms with Crippen LogP contribution >= 0.6 is 0 Å². The van der Waals surface area contributed by atoms with Crippen LogP contribution in [-0.4, -0.2) is 16.2 Å². The van der Waals surface area contributed by atoms with E-state index in [1.165, 1.54) is 0 Å². The number of pyridine rings is 1. The van der Waals surface area contributed by atoms with E-state index in [1.54, 1.807) is 24.4 Å². The second-order valence-electron chi connectivity index (χ2n) is 5.92. The maximum absolute atomic E-state index is 12.1. The highest BCUT2D eigenvalue weighted by molar-refractivity contribution is 5.85. The Morgan fingerprint density at radius 3 is 2.62 bits per heavy atom. The van der Waals surface area contributed by atoms with E-state index in [0.717, 1.165) is 11.1 Å². The number of aromatic nitrogens is 1. The summed E-state index contributed by atoms with van der Waals surface area (Å²) in [5, 5.41) is 13.2. The Morgan fingerprint density at radius 1 is 1.12 bits per heavy atom. The fourth-order valence-electron chi connectivity index (χ4n) is 2.52. The van der Waals surface area contributed by atoms with Gasteiger partial charge in [0.15, 0.2) is 0 Å². The van der Waals surface area contributed by atoms with Crippen molar-refractivity contribution in [2.45, 2.75) is 19.6 Å². The molecule has 0 spiro atoms. The molecule has 0 bridgehead atoms. The minimum absolute atomic E-state index is 0.196. The number of amides is 1. The summed E-state index contributed by atoms with van der Waals surface area (Å²) in [7, 11) is 0. The fourth-order valence-corrected chi connectivity index (χ4v) is 2.52. The van der Waals surface area contributed by atoms with E-state index in [-0.39, 0.29) is 6.61 Å². The van der Waals surface area contributed by atoms with Crippen molar-refractivity contribution < 1.29 is 14.6 Å². The Kier molecular flexibility index (Phi) is 5.61. The predicted molar refractivity (Wildman–Crippen MR) is 99.7 cm³/mol. The summed E-state index contributed by atoms with van der Waals surface area (Å²) in [6.07, 6.45) is 0.228. The van der Waals surface area contributed by atoms with Crippen LogP contribution < -0.4 is 5.32 Å². The van der Waals surface area contributed by atoms with Crippen molar-refractivity contribution in [1.29, 1.82) is 0 Å². The molecule has 0 aliphatic rings. The van der Waals surface area contributed by atoms with Crippen molar-refractivity contribution >= 4 is 11.8 Å². The molecule has 2 aromatic carbocycles. The van der Waals surface area contributed by atoms with Gasteiger partial charge in [-0.05, 0) is 41.8 Å². The molecule has 1 unspecified atom stereocenters. The number of aliphatic hydroxyl groups is 1. The lowest BCUT2D eigenvalue weighted by Crippen LogP contribution is -2.15. The number of rotatable bonds is 5. The highest BCUT2D eigenvalue weighted by Gasteiger charge is 2.14. The van der Waals surface area contributed by atoms with Crippen LogP contribution in [0.2, 0.25) is 0 Å². The molecule has 0 saturated heterocycles. The molecule has 3 rings (SSSR count). The first-order valence-corrected chi connectivity index (χ1v) is 8.31. The zero-order chi connectivity index (χ0) is 18.4. The van der Waals surface area contributed by atoms with E-state index in [4.69, 9.17) is 4.74 Å². The molecule has 1 aromatic heterocycles. The normalized spacial score (nSPS) is 11.6. The van der Waals surface area contributed by atoms with E-state index < -0.39 is 12.2 Å². The lowest BCUT2D eigenvalue weighted by molar-refractivity contribution is 0.155. The molecule has 26 heavy (non-hydrogen) atoms. The Hall–Kier alpha value is -3.18. The van der Waals surface area contributed by atoms with Crippen molar-refractivity contribution in [1.82, 2.24) is 4.98 Å². The summed E-state index contributed by atoms with van der Waals surface area (Å²) >= 11 is 0. The quantitative estimate of drug-likeness (QED) is 0.724. The molecule has 0 aliphatic carbocycles. The summed E-state index contributed by atoms with van der Waals surface area (Å²) in [5.74, 6) is 0. The smallest absolute Gasteiger partial charge is 0.411 e. The number of hydrogen-bond donors (Lipinski definition) is 2. The third kappa shape index (κ3) is 4.46. The maximum atomic E-state index is 12.1. The minimum atomic E-state index is -0.863. The molecule has 0 aliphatic heterocycles. The van der Waals surface area contributed by atoms with Gasteiger partial charge in [0.05, 0.1) is 5.69 Å². The molecule has 132 valence electrons. The average Bonchev–Trinajstić information content (AvgIpc) is 2.69. The van der Waals surface area contributed by atoms with Gasteiger partial charge in [0.1, 0.15) is 12.7 Å². The topological polar surface area (TPSA) is 71.5 Å². The number of anilines is 1. The van der Waals surface area contributed by atoms with Crippen molar-refractivity contribution in [3.8, 4) is 0 Å². The van der Waals surface area contributed by atoms with Crippen LogP contribution in [0.3, 0.4) is 0 Å². The lowest BCUT2D eigenvalue weighted by Gasteiger charge is -2.14. The van der Waals surface area contributed by atoms with Crippen molar-refractivity contribution in [2.24, 2.45) is 0 Å². The molecular formula is C21H20N2O3. The molecule has 0 fully saturated rings. The van der Waals surface area contributed by atoms with E-state index in [0.29, 0.717) is 16.9 Å². The van der Waals surface area contributed by atoms with Gasteiger partial charge in [0.2, 0.25) is 0 Å². The number of carbonyl (C=O) groups excluding carboxylic acids is 1. The van der Waals surface area contributed by atoms with Gasteiger partial charge in [-0.25, -0.2) is 4.79 Å². The molecule has 3 aromatic rings. The number of aliphatic hydroxyl groups excluding tert-OH is 1. The van der Waals surface area contributed by atoms with Gasteiger partial charge in [-0.1, -0.05) is 48.5 Å². The van der Waals surface area contributed by atoms with Gasteiger partial charge in [-0.3, -0.25) is 10.3 Å². The highest BCUT2D eigenvalue weighted by Crippen LogP contribution is 2.25. The summed E-state index contributed by atoms with van der Waals surface area (Å²) in [5.41, 5.74) is 3.58. The lowest BCUT2D eigenvalue weighted by atomic mass is 10.0. The molecule has 0 saturated carbocycles. The van der Waals surface area contributed by atoms with Crippen LogP contribution in [0.25, 0.3) is 0 Å². The molecule has 5 heteroatoms. The second-order valence-corrected chi connectivity index (χ2v) is 5.92. The van der Waals surface area contributed by atoms with Gasteiger partial charge < -0.3 is 9.84 Å². The number of hydrogen-bond acceptors (Lipinski definition) is 4. The molecule has 2 N–H and O–H groups in total. The van der Waals surface area contributed by atoms with E-state index in [1.807, 2.05) is 55.5 Å². The predicted octanol–water partition coefficient (Wildman–Crippen LogP) is 4.22. The van der Waals surface area contributed by atoms with Crippen LogP contribution in [-0.2, 0) is 11.3 Å². The van der Waals surface area contributed by atoms with Crippen LogP contribution in [0.5, 0.6) is 0 Å². The molecular weight excluding hydrogens is 328 g/mol. The summed E-state index contributed by atoms with van der Waals surface area (Å²) in [6, 6.07) is 20.2. The van der Waals surface area contributed by atoms with Gasteiger partial charge in [-0.15, -0.1) is 0 Å². The Balaban J connectivity index is 1.68. The third-order valence-corrected chi connectivity index (χ3v) is 3.99. The van der Waals surface area contributed by atoms with E-state index in [9.17, 15) is 9.90 Å². The second kappa shape index (κ2) is 8.27. The maximum Gasteiger partial charge on any atom is 0.411 e. The van der Waals surface area contributed by atoms with Crippen molar-refractivity contribution in [3.05, 3.63) is 95.3 Å². The molecule has 5 nitrogen and oxygen atoms in total. The van der Waals surface area contributed by atoms with E-state index in [2.05, 4.69) is 10.3 Å². The summed E-state index contributed by atoms with van der Waals surface area (Å²) in [6.45, 7) is 2.08. The first-order chi connectivity index (χ1) is 12.6. The average molecular weight is 348 g/mol. The minimum Gasteiger partial charge on any atom is -0.444 e. The number of nitrogens with one attached hydrogen (secondary N) is 1. The van der Waals surface area contributed by atoms with Crippen LogP contribution in [0, 0.1) is 6.92 Å². The van der Waals surface area contributed by atoms with Gasteiger partial charge in [0.25, 0.3) is 0 Å². The monoisotopic (exact) mass is 348 g/mol. The zero-order valence-electron chi connectivity index (χ0n) is 14.4. The standard InChI is InChI=1S/C21H20N2O3/c1-15-10-11-17(20(24)18-9-5-6-12-22-18)13-19(15)23-21(25)26-14-16-7-3-2-4-8-16/h2-13,20,24H,14H2,1H3,(H,23,25). The van der Waals surface area contributed by atoms with Gasteiger partial charge in [-0.2, -0.15) is 0 Å². The van der Waals surface area contributed by atoms with Crippen molar-refractivity contribution in [3.63, 3.8) is 0 Å². The first-order valence-electron chi connectivity index (χ1n) is 8.31. The number of ether oxygens (including phenoxy) is 1. The molecule has 0 radical (unpaired) electrons. The van der Waals surface area contributed by atoms with Crippen LogP contribution in [0.1, 0.15) is 28.5 Å². The largest absolute Gasteiger partial charge is 0.444 e. The van der Waals surface area contributed by atoms with Crippen molar-refractivity contribution in [2.75, 3.05) is 5.32 Å². The number of nitrogens with zero attached hydrogens (tertiary/aromatic N) is 1. The van der Waals surface area contributed by atoms with Crippen LogP contribution in [0.4, 0.5) is 10.5 Å². The Labute approximate surface area is 152 Å². The summed E-state index contributed by atoms with van der Waals surface area (Å²) < 4.78 is 5.25. The third-order valence-electron chi connectivity index (χ3n) is 3.99. The molecule has 1 heterocycles. The molecule has 1 atom stereocenters. The van der Waals surface area contributed by atoms with Gasteiger partial charge >= 0.3 is 6.09 Å². The zero-order valence-corrected chi connectivity index (χ0v) is 14.4. The van der Waals surface area contributed by atoms with E-state index >= 15 is 0 Å². The summed E-state index contributed by atoms with van der Waals surface area (Å²) in [4.78, 5) is 16.3. The highest BCUT2D eigenvalue weighted by atomic mass is 16.5. The number of benzene rings is 2. The SMILES string of the molecule is Cc1ccc(C(O)c2ccccn2)cc1NC(=O)OCc1ccccc1.